The van der Waals surface area contributed by atoms with Gasteiger partial charge in [0, 0.05) is 38.3 Å². The maximum Gasteiger partial charge on any atom is 0.253 e. The first kappa shape index (κ1) is 17.6. The Kier molecular flexibility index (Phi) is 5.84. The van der Waals surface area contributed by atoms with Crippen molar-refractivity contribution < 1.29 is 9.90 Å². The first-order chi connectivity index (χ1) is 12.2. The fourth-order valence-corrected chi connectivity index (χ4v) is 3.18. The number of aryl methyl sites for hydroxylation is 1. The maximum absolute atomic E-state index is 12.6. The number of piperazine rings is 1. The minimum atomic E-state index is 0.0836. The molecule has 0 aromatic heterocycles. The van der Waals surface area contributed by atoms with E-state index in [4.69, 9.17) is 5.11 Å². The Labute approximate surface area is 149 Å². The molecule has 132 valence electrons. The predicted octanol–water partition coefficient (Wildman–Crippen LogP) is 2.70. The minimum Gasteiger partial charge on any atom is -0.392 e. The molecule has 0 bridgehead atoms. The molecule has 0 unspecified atom stereocenters. The van der Waals surface area contributed by atoms with Crippen LogP contribution in [0.4, 0.5) is 0 Å². The number of rotatable bonds is 5. The molecule has 0 aliphatic carbocycles. The molecule has 0 radical (unpaired) electrons. The van der Waals surface area contributed by atoms with Crippen molar-refractivity contribution in [3.05, 3.63) is 70.8 Å². The van der Waals surface area contributed by atoms with Gasteiger partial charge >= 0.3 is 0 Å². The van der Waals surface area contributed by atoms with E-state index >= 15 is 0 Å². The summed E-state index contributed by atoms with van der Waals surface area (Å²) in [5, 5.41) is 9.11. The molecule has 1 saturated heterocycles. The normalized spacial score (nSPS) is 15.4. The zero-order chi connectivity index (χ0) is 17.6. The Morgan fingerprint density at radius 1 is 0.880 bits per heavy atom. The summed E-state index contributed by atoms with van der Waals surface area (Å²) < 4.78 is 0. The van der Waals surface area contributed by atoms with Gasteiger partial charge in [0.2, 0.25) is 0 Å². The summed E-state index contributed by atoms with van der Waals surface area (Å²) in [6, 6.07) is 16.0. The van der Waals surface area contributed by atoms with Crippen LogP contribution in [0.25, 0.3) is 0 Å². The molecule has 0 spiro atoms. The van der Waals surface area contributed by atoms with Crippen molar-refractivity contribution in [2.75, 3.05) is 26.2 Å². The van der Waals surface area contributed by atoms with Crippen molar-refractivity contribution in [2.45, 2.75) is 26.5 Å². The fourth-order valence-electron chi connectivity index (χ4n) is 3.18. The predicted molar refractivity (Wildman–Crippen MR) is 99.4 cm³/mol. The Hall–Kier alpha value is -2.17. The quantitative estimate of drug-likeness (QED) is 0.912. The number of amides is 1. The van der Waals surface area contributed by atoms with Gasteiger partial charge < -0.3 is 10.0 Å². The van der Waals surface area contributed by atoms with Crippen LogP contribution >= 0.6 is 0 Å². The lowest BCUT2D eigenvalue weighted by Gasteiger charge is -2.34. The van der Waals surface area contributed by atoms with E-state index < -0.39 is 0 Å². The monoisotopic (exact) mass is 338 g/mol. The second-order valence-corrected chi connectivity index (χ2v) is 6.59. The smallest absolute Gasteiger partial charge is 0.253 e. The van der Waals surface area contributed by atoms with E-state index in [1.165, 1.54) is 11.1 Å². The molecular weight excluding hydrogens is 312 g/mol. The van der Waals surface area contributed by atoms with Crippen molar-refractivity contribution in [2.24, 2.45) is 0 Å². The van der Waals surface area contributed by atoms with Gasteiger partial charge in [-0.2, -0.15) is 0 Å². The Morgan fingerprint density at radius 3 is 2.00 bits per heavy atom. The van der Waals surface area contributed by atoms with Crippen molar-refractivity contribution in [3.8, 4) is 0 Å². The van der Waals surface area contributed by atoms with Crippen molar-refractivity contribution in [3.63, 3.8) is 0 Å². The zero-order valence-electron chi connectivity index (χ0n) is 14.8. The van der Waals surface area contributed by atoms with Gasteiger partial charge in [0.25, 0.3) is 5.91 Å². The average molecular weight is 338 g/mol. The summed E-state index contributed by atoms with van der Waals surface area (Å²) in [5.74, 6) is 0.134. The Morgan fingerprint density at radius 2 is 1.44 bits per heavy atom. The number of nitrogens with zero attached hydrogens (tertiary/aromatic N) is 2. The van der Waals surface area contributed by atoms with Gasteiger partial charge in [0.1, 0.15) is 0 Å². The molecule has 1 N–H and O–H groups in total. The van der Waals surface area contributed by atoms with Crippen LogP contribution < -0.4 is 0 Å². The highest BCUT2D eigenvalue weighted by Crippen LogP contribution is 2.13. The van der Waals surface area contributed by atoms with Crippen LogP contribution in [0.2, 0.25) is 0 Å². The van der Waals surface area contributed by atoms with Gasteiger partial charge in [-0.15, -0.1) is 0 Å². The topological polar surface area (TPSA) is 43.8 Å². The molecule has 25 heavy (non-hydrogen) atoms. The second kappa shape index (κ2) is 8.28. The third-order valence-corrected chi connectivity index (χ3v) is 4.88. The van der Waals surface area contributed by atoms with Crippen molar-refractivity contribution >= 4 is 5.91 Å². The van der Waals surface area contributed by atoms with Gasteiger partial charge in [0.05, 0.1) is 6.61 Å². The lowest BCUT2D eigenvalue weighted by molar-refractivity contribution is 0.0628. The Balaban J connectivity index is 1.52. The van der Waals surface area contributed by atoms with Gasteiger partial charge in [-0.25, -0.2) is 0 Å². The van der Waals surface area contributed by atoms with Crippen LogP contribution in [0.15, 0.2) is 48.5 Å². The van der Waals surface area contributed by atoms with Gasteiger partial charge in [-0.1, -0.05) is 43.3 Å². The van der Waals surface area contributed by atoms with Crippen molar-refractivity contribution in [1.29, 1.82) is 0 Å². The standard InChI is InChI=1S/C21H26N2O2/c1-2-17-7-9-20(10-8-17)21(25)23-13-11-22(12-14-23)15-18-3-5-19(16-24)6-4-18/h3-10,24H,2,11-16H2,1H3. The largest absolute Gasteiger partial charge is 0.392 e. The van der Waals surface area contributed by atoms with E-state index in [-0.39, 0.29) is 12.5 Å². The van der Waals surface area contributed by atoms with Crippen LogP contribution in [0.5, 0.6) is 0 Å². The third-order valence-electron chi connectivity index (χ3n) is 4.88. The number of carbonyl (C=O) groups excluding carboxylic acids is 1. The van der Waals surface area contributed by atoms with E-state index in [0.29, 0.717) is 0 Å². The molecule has 1 heterocycles. The summed E-state index contributed by atoms with van der Waals surface area (Å²) in [7, 11) is 0. The number of aliphatic hydroxyl groups is 1. The molecule has 3 rings (SSSR count). The zero-order valence-corrected chi connectivity index (χ0v) is 14.8. The van der Waals surface area contributed by atoms with E-state index in [0.717, 1.165) is 50.3 Å². The summed E-state index contributed by atoms with van der Waals surface area (Å²) in [5.41, 5.74) is 4.22. The summed E-state index contributed by atoms with van der Waals surface area (Å²) in [6.07, 6.45) is 0.992. The molecule has 4 heteroatoms. The molecule has 2 aromatic carbocycles. The van der Waals surface area contributed by atoms with Gasteiger partial charge in [-0.05, 0) is 35.2 Å². The van der Waals surface area contributed by atoms with Crippen LogP contribution in [0.1, 0.15) is 34.0 Å². The lowest BCUT2D eigenvalue weighted by Crippen LogP contribution is -2.48. The molecule has 1 fully saturated rings. The fraction of sp³-hybridized carbons (Fsp3) is 0.381. The van der Waals surface area contributed by atoms with Crippen LogP contribution in [0, 0.1) is 0 Å². The highest BCUT2D eigenvalue weighted by atomic mass is 16.3. The van der Waals surface area contributed by atoms with Gasteiger partial charge in [0.15, 0.2) is 0 Å². The maximum atomic E-state index is 12.6. The van der Waals surface area contributed by atoms with Crippen LogP contribution in [-0.2, 0) is 19.6 Å². The highest BCUT2D eigenvalue weighted by molar-refractivity contribution is 5.94. The molecule has 1 aliphatic heterocycles. The molecule has 1 amide bonds. The van der Waals surface area contributed by atoms with E-state index in [2.05, 4.69) is 24.0 Å². The molecule has 0 saturated carbocycles. The number of benzene rings is 2. The lowest BCUT2D eigenvalue weighted by atomic mass is 10.1. The average Bonchev–Trinajstić information content (AvgIpc) is 2.69. The van der Waals surface area contributed by atoms with E-state index in [1.54, 1.807) is 0 Å². The number of aliphatic hydroxyl groups excluding tert-OH is 1. The van der Waals surface area contributed by atoms with E-state index in [9.17, 15) is 4.79 Å². The van der Waals surface area contributed by atoms with Crippen molar-refractivity contribution in [1.82, 2.24) is 9.80 Å². The number of carbonyl (C=O) groups is 1. The minimum absolute atomic E-state index is 0.0836. The summed E-state index contributed by atoms with van der Waals surface area (Å²) >= 11 is 0. The summed E-state index contributed by atoms with van der Waals surface area (Å²) in [4.78, 5) is 16.9. The molecule has 4 nitrogen and oxygen atoms in total. The van der Waals surface area contributed by atoms with Gasteiger partial charge in [-0.3, -0.25) is 9.69 Å². The third kappa shape index (κ3) is 4.47. The molecule has 1 aliphatic rings. The van der Waals surface area contributed by atoms with Crippen LogP contribution in [-0.4, -0.2) is 47.0 Å². The first-order valence-electron chi connectivity index (χ1n) is 8.99. The first-order valence-corrected chi connectivity index (χ1v) is 8.99. The van der Waals surface area contributed by atoms with Crippen LogP contribution in [0.3, 0.4) is 0 Å². The number of hydrogen-bond donors (Lipinski definition) is 1. The Bertz CT molecular complexity index is 687. The molecule has 0 atom stereocenters. The SMILES string of the molecule is CCc1ccc(C(=O)N2CCN(Cc3ccc(CO)cc3)CC2)cc1. The number of hydrogen-bond acceptors (Lipinski definition) is 3. The second-order valence-electron chi connectivity index (χ2n) is 6.59. The summed E-state index contributed by atoms with van der Waals surface area (Å²) in [6.45, 7) is 6.40. The molecular formula is C21H26N2O2. The van der Waals surface area contributed by atoms with E-state index in [1.807, 2.05) is 41.3 Å². The molecule has 2 aromatic rings. The highest BCUT2D eigenvalue weighted by Gasteiger charge is 2.22.